The highest BCUT2D eigenvalue weighted by Gasteiger charge is 2.21. The van der Waals surface area contributed by atoms with Crippen molar-refractivity contribution in [2.24, 2.45) is 0 Å². The Morgan fingerprint density at radius 2 is 1.83 bits per heavy atom. The van der Waals surface area contributed by atoms with Crippen molar-refractivity contribution >= 4 is 11.6 Å². The summed E-state index contributed by atoms with van der Waals surface area (Å²) in [6, 6.07) is 20.1. The maximum absolute atomic E-state index is 13.3. The molecule has 0 spiro atoms. The van der Waals surface area contributed by atoms with Gasteiger partial charge in [-0.05, 0) is 61.2 Å². The molecule has 35 heavy (non-hydrogen) atoms. The summed E-state index contributed by atoms with van der Waals surface area (Å²) in [5.74, 6) is 0.747. The van der Waals surface area contributed by atoms with Crippen LogP contribution in [0.1, 0.15) is 39.2 Å². The lowest BCUT2D eigenvalue weighted by Crippen LogP contribution is -2.35. The van der Waals surface area contributed by atoms with Crippen LogP contribution in [0.3, 0.4) is 0 Å². The normalized spacial score (nSPS) is 14.7. The predicted molar refractivity (Wildman–Crippen MR) is 138 cm³/mol. The van der Waals surface area contributed by atoms with Crippen LogP contribution in [0.4, 0.5) is 0 Å². The molecule has 1 saturated heterocycles. The molecule has 0 atom stereocenters. The number of hydrogen-bond acceptors (Lipinski definition) is 4. The van der Waals surface area contributed by atoms with E-state index in [0.717, 1.165) is 50.5 Å². The van der Waals surface area contributed by atoms with E-state index in [1.807, 2.05) is 51.9 Å². The maximum Gasteiger partial charge on any atom is 0.254 e. The van der Waals surface area contributed by atoms with E-state index in [9.17, 15) is 4.79 Å². The fourth-order valence-electron chi connectivity index (χ4n) is 4.64. The summed E-state index contributed by atoms with van der Waals surface area (Å²) in [6.45, 7) is 8.89. The van der Waals surface area contributed by atoms with Crippen LogP contribution in [0.2, 0.25) is 0 Å². The van der Waals surface area contributed by atoms with Crippen LogP contribution in [-0.4, -0.2) is 51.3 Å². The number of nitrogens with zero attached hydrogens (tertiary/aromatic N) is 4. The smallest absolute Gasteiger partial charge is 0.254 e. The molecule has 2 aromatic carbocycles. The van der Waals surface area contributed by atoms with Crippen molar-refractivity contribution in [1.29, 1.82) is 0 Å². The highest BCUT2D eigenvalue weighted by Crippen LogP contribution is 2.19. The topological polar surface area (TPSA) is 50.1 Å². The SMILES string of the molecule is Cc1ccc2nc(COc3cccc(C(=O)N4CCCN(Cc5ccccc5C)CC4)c3)cn2c1. The van der Waals surface area contributed by atoms with Crippen LogP contribution in [0.5, 0.6) is 5.75 Å². The van der Waals surface area contributed by atoms with Crippen molar-refractivity contribution in [3.63, 3.8) is 0 Å². The second kappa shape index (κ2) is 10.3. The van der Waals surface area contributed by atoms with Gasteiger partial charge in [0.15, 0.2) is 0 Å². The van der Waals surface area contributed by atoms with Crippen LogP contribution in [-0.2, 0) is 13.2 Å². The molecule has 0 aliphatic carbocycles. The molecule has 1 amide bonds. The van der Waals surface area contributed by atoms with Gasteiger partial charge in [-0.25, -0.2) is 4.98 Å². The summed E-state index contributed by atoms with van der Waals surface area (Å²) in [6.07, 6.45) is 5.01. The van der Waals surface area contributed by atoms with E-state index in [0.29, 0.717) is 17.9 Å². The van der Waals surface area contributed by atoms with E-state index in [2.05, 4.69) is 54.2 Å². The summed E-state index contributed by atoms with van der Waals surface area (Å²) < 4.78 is 8.00. The molecule has 6 nitrogen and oxygen atoms in total. The van der Waals surface area contributed by atoms with Crippen molar-refractivity contribution in [2.45, 2.75) is 33.4 Å². The molecular formula is C29H32N4O2. The zero-order chi connectivity index (χ0) is 24.2. The Balaban J connectivity index is 1.20. The van der Waals surface area contributed by atoms with Gasteiger partial charge in [0.2, 0.25) is 0 Å². The number of imidazole rings is 1. The first-order valence-corrected chi connectivity index (χ1v) is 12.3. The Labute approximate surface area is 206 Å². The number of benzene rings is 2. The van der Waals surface area contributed by atoms with Gasteiger partial charge in [-0.3, -0.25) is 9.69 Å². The standard InChI is InChI=1S/C29H32N4O2/c1-22-11-12-28-30-26(20-33(28)18-22)21-35-27-10-5-9-24(17-27)29(34)32-14-6-13-31(15-16-32)19-25-8-4-3-7-23(25)2/h3-5,7-12,17-18,20H,6,13-16,19,21H2,1-2H3. The number of carbonyl (C=O) groups excluding carboxylic acids is 1. The molecule has 1 aliphatic rings. The average molecular weight is 469 g/mol. The Kier molecular flexibility index (Phi) is 6.82. The third-order valence-electron chi connectivity index (χ3n) is 6.65. The van der Waals surface area contributed by atoms with Crippen molar-refractivity contribution in [3.05, 3.63) is 101 Å². The number of aromatic nitrogens is 2. The molecule has 3 heterocycles. The van der Waals surface area contributed by atoms with Gasteiger partial charge < -0.3 is 14.0 Å². The molecule has 0 N–H and O–H groups in total. The van der Waals surface area contributed by atoms with Crippen molar-refractivity contribution in [2.75, 3.05) is 26.2 Å². The van der Waals surface area contributed by atoms with Gasteiger partial charge in [0.25, 0.3) is 5.91 Å². The van der Waals surface area contributed by atoms with E-state index < -0.39 is 0 Å². The molecule has 5 rings (SSSR count). The predicted octanol–water partition coefficient (Wildman–Crippen LogP) is 4.88. The first kappa shape index (κ1) is 23.1. The average Bonchev–Trinajstić information content (AvgIpc) is 3.12. The minimum atomic E-state index is 0.0661. The number of carbonyl (C=O) groups is 1. The largest absolute Gasteiger partial charge is 0.487 e. The monoisotopic (exact) mass is 468 g/mol. The van der Waals surface area contributed by atoms with Gasteiger partial charge in [0, 0.05) is 50.7 Å². The first-order chi connectivity index (χ1) is 17.0. The van der Waals surface area contributed by atoms with Crippen LogP contribution >= 0.6 is 0 Å². The Morgan fingerprint density at radius 1 is 0.943 bits per heavy atom. The quantitative estimate of drug-likeness (QED) is 0.405. The van der Waals surface area contributed by atoms with Crippen LogP contribution < -0.4 is 4.74 Å². The Morgan fingerprint density at radius 3 is 2.71 bits per heavy atom. The fourth-order valence-corrected chi connectivity index (χ4v) is 4.64. The fraction of sp³-hybridized carbons (Fsp3) is 0.310. The Bertz CT molecular complexity index is 1330. The van der Waals surface area contributed by atoms with Crippen LogP contribution in [0.25, 0.3) is 5.65 Å². The van der Waals surface area contributed by atoms with Gasteiger partial charge >= 0.3 is 0 Å². The lowest BCUT2D eigenvalue weighted by atomic mass is 10.1. The summed E-state index contributed by atoms with van der Waals surface area (Å²) in [4.78, 5) is 22.3. The van der Waals surface area contributed by atoms with Gasteiger partial charge in [0.05, 0.1) is 5.69 Å². The molecule has 1 aliphatic heterocycles. The molecule has 180 valence electrons. The summed E-state index contributed by atoms with van der Waals surface area (Å²) in [7, 11) is 0. The third-order valence-corrected chi connectivity index (χ3v) is 6.65. The van der Waals surface area contributed by atoms with E-state index >= 15 is 0 Å². The highest BCUT2D eigenvalue weighted by molar-refractivity contribution is 5.94. The molecule has 2 aromatic heterocycles. The van der Waals surface area contributed by atoms with Gasteiger partial charge in [-0.15, -0.1) is 0 Å². The molecule has 0 unspecified atom stereocenters. The molecule has 0 bridgehead atoms. The number of amides is 1. The van der Waals surface area contributed by atoms with Gasteiger partial charge in [-0.1, -0.05) is 36.4 Å². The maximum atomic E-state index is 13.3. The number of aryl methyl sites for hydroxylation is 2. The zero-order valence-electron chi connectivity index (χ0n) is 20.5. The molecule has 1 fully saturated rings. The molecule has 0 radical (unpaired) electrons. The van der Waals surface area contributed by atoms with Crippen LogP contribution in [0, 0.1) is 13.8 Å². The number of hydrogen-bond donors (Lipinski definition) is 0. The minimum absolute atomic E-state index is 0.0661. The molecule has 4 aromatic rings. The van der Waals surface area contributed by atoms with Gasteiger partial charge in [0.1, 0.15) is 18.0 Å². The molecule has 0 saturated carbocycles. The molecular weight excluding hydrogens is 436 g/mol. The van der Waals surface area contributed by atoms with E-state index in [1.165, 1.54) is 16.7 Å². The van der Waals surface area contributed by atoms with Crippen molar-refractivity contribution in [3.8, 4) is 5.75 Å². The van der Waals surface area contributed by atoms with E-state index in [1.54, 1.807) is 0 Å². The number of rotatable bonds is 6. The van der Waals surface area contributed by atoms with Crippen molar-refractivity contribution in [1.82, 2.24) is 19.2 Å². The second-order valence-corrected chi connectivity index (χ2v) is 9.37. The van der Waals surface area contributed by atoms with Crippen LogP contribution in [0.15, 0.2) is 73.1 Å². The zero-order valence-corrected chi connectivity index (χ0v) is 20.5. The Hall–Kier alpha value is -3.64. The number of ether oxygens (including phenoxy) is 1. The lowest BCUT2D eigenvalue weighted by molar-refractivity contribution is 0.0760. The van der Waals surface area contributed by atoms with Crippen molar-refractivity contribution < 1.29 is 9.53 Å². The second-order valence-electron chi connectivity index (χ2n) is 9.37. The van der Waals surface area contributed by atoms with E-state index in [4.69, 9.17) is 4.74 Å². The third kappa shape index (κ3) is 5.54. The minimum Gasteiger partial charge on any atom is -0.487 e. The summed E-state index contributed by atoms with van der Waals surface area (Å²) >= 11 is 0. The summed E-state index contributed by atoms with van der Waals surface area (Å²) in [5, 5.41) is 0. The van der Waals surface area contributed by atoms with E-state index in [-0.39, 0.29) is 5.91 Å². The highest BCUT2D eigenvalue weighted by atomic mass is 16.5. The first-order valence-electron chi connectivity index (χ1n) is 12.3. The molecule has 6 heteroatoms. The number of pyridine rings is 1. The summed E-state index contributed by atoms with van der Waals surface area (Å²) in [5.41, 5.74) is 6.28. The lowest BCUT2D eigenvalue weighted by Gasteiger charge is -2.23. The van der Waals surface area contributed by atoms with Gasteiger partial charge in [-0.2, -0.15) is 0 Å². The number of fused-ring (bicyclic) bond motifs is 1.